The number of amides is 1. The molecule has 0 saturated carbocycles. The van der Waals surface area contributed by atoms with E-state index in [1.165, 1.54) is 5.38 Å². The average Bonchev–Trinajstić information content (AvgIpc) is 2.71. The van der Waals surface area contributed by atoms with Crippen molar-refractivity contribution < 1.29 is 14.7 Å². The number of nitrogens with two attached hydrogens (primary N) is 1. The molecule has 1 aromatic rings. The fourth-order valence-corrected chi connectivity index (χ4v) is 1.83. The molecule has 0 aliphatic heterocycles. The maximum Gasteiger partial charge on any atom is 0.326 e. The van der Waals surface area contributed by atoms with Gasteiger partial charge in [-0.1, -0.05) is 20.3 Å². The third-order valence-corrected chi connectivity index (χ3v) is 3.19. The summed E-state index contributed by atoms with van der Waals surface area (Å²) >= 11 is 1.14. The zero-order valence-electron chi connectivity index (χ0n) is 9.64. The maximum absolute atomic E-state index is 11.7. The van der Waals surface area contributed by atoms with Crippen LogP contribution in [0.4, 0.5) is 5.13 Å². The number of carbonyl (C=O) groups excluding carboxylic acids is 1. The van der Waals surface area contributed by atoms with Gasteiger partial charge in [0.2, 0.25) is 0 Å². The SMILES string of the molecule is CCC(C)[C@H](NC(=O)c1csc(N)n1)C(=O)O. The van der Waals surface area contributed by atoms with E-state index in [1.54, 1.807) is 6.92 Å². The Bertz CT molecular complexity index is 419. The van der Waals surface area contributed by atoms with E-state index in [4.69, 9.17) is 10.8 Å². The predicted octanol–water partition coefficient (Wildman–Crippen LogP) is 0.954. The standard InChI is InChI=1S/C10H15N3O3S/c1-3-5(2)7(9(15)16)13-8(14)6-4-17-10(11)12-6/h4-5,7H,3H2,1-2H3,(H2,11,12)(H,13,14)(H,15,16)/t5?,7-/m0/s1. The van der Waals surface area contributed by atoms with Crippen LogP contribution in [0.25, 0.3) is 0 Å². The van der Waals surface area contributed by atoms with Gasteiger partial charge in [0, 0.05) is 5.38 Å². The van der Waals surface area contributed by atoms with Crippen LogP contribution in [-0.4, -0.2) is 28.0 Å². The Labute approximate surface area is 103 Å². The Kier molecular flexibility index (Phi) is 4.45. The van der Waals surface area contributed by atoms with Crippen LogP contribution < -0.4 is 11.1 Å². The smallest absolute Gasteiger partial charge is 0.326 e. The third kappa shape index (κ3) is 3.42. The summed E-state index contributed by atoms with van der Waals surface area (Å²) in [5.74, 6) is -1.70. The molecule has 1 rings (SSSR count). The summed E-state index contributed by atoms with van der Waals surface area (Å²) in [7, 11) is 0. The van der Waals surface area contributed by atoms with Crippen molar-refractivity contribution in [2.75, 3.05) is 5.73 Å². The summed E-state index contributed by atoms with van der Waals surface area (Å²) in [6.45, 7) is 3.64. The van der Waals surface area contributed by atoms with Crippen molar-refractivity contribution in [1.29, 1.82) is 0 Å². The van der Waals surface area contributed by atoms with Gasteiger partial charge in [-0.15, -0.1) is 11.3 Å². The molecule has 1 aromatic heterocycles. The normalized spacial score (nSPS) is 14.0. The Morgan fingerprint density at radius 3 is 2.71 bits per heavy atom. The summed E-state index contributed by atoms with van der Waals surface area (Å²) in [4.78, 5) is 26.5. The molecule has 0 aromatic carbocycles. The first-order valence-corrected chi connectivity index (χ1v) is 6.08. The van der Waals surface area contributed by atoms with Crippen LogP contribution in [0.5, 0.6) is 0 Å². The molecule has 0 aliphatic rings. The number of nitrogen functional groups attached to an aromatic ring is 1. The van der Waals surface area contributed by atoms with Gasteiger partial charge in [-0.2, -0.15) is 0 Å². The number of rotatable bonds is 5. The number of aliphatic carboxylic acids is 1. The van der Waals surface area contributed by atoms with Crippen molar-refractivity contribution in [2.45, 2.75) is 26.3 Å². The van der Waals surface area contributed by atoms with Crippen LogP contribution in [0.2, 0.25) is 0 Å². The van der Waals surface area contributed by atoms with Crippen molar-refractivity contribution in [1.82, 2.24) is 10.3 Å². The molecule has 4 N–H and O–H groups in total. The van der Waals surface area contributed by atoms with Gasteiger partial charge in [0.25, 0.3) is 5.91 Å². The van der Waals surface area contributed by atoms with Crippen LogP contribution in [0.1, 0.15) is 30.8 Å². The van der Waals surface area contributed by atoms with E-state index < -0.39 is 17.9 Å². The summed E-state index contributed by atoms with van der Waals surface area (Å²) < 4.78 is 0. The minimum absolute atomic E-state index is 0.146. The number of hydrogen-bond donors (Lipinski definition) is 3. The largest absolute Gasteiger partial charge is 0.480 e. The number of carbonyl (C=O) groups is 2. The van der Waals surface area contributed by atoms with Crippen molar-refractivity contribution in [3.05, 3.63) is 11.1 Å². The number of nitrogens with one attached hydrogen (secondary N) is 1. The summed E-state index contributed by atoms with van der Waals surface area (Å²) in [6.07, 6.45) is 0.663. The molecule has 1 heterocycles. The number of hydrogen-bond acceptors (Lipinski definition) is 5. The Hall–Kier alpha value is -1.63. The highest BCUT2D eigenvalue weighted by atomic mass is 32.1. The monoisotopic (exact) mass is 257 g/mol. The lowest BCUT2D eigenvalue weighted by atomic mass is 9.99. The number of carboxylic acids is 1. The molecular formula is C10H15N3O3S. The lowest BCUT2D eigenvalue weighted by molar-refractivity contribution is -0.140. The van der Waals surface area contributed by atoms with E-state index in [0.29, 0.717) is 6.42 Å². The zero-order valence-corrected chi connectivity index (χ0v) is 10.5. The molecule has 0 aliphatic carbocycles. The molecule has 0 radical (unpaired) electrons. The first-order valence-electron chi connectivity index (χ1n) is 5.20. The van der Waals surface area contributed by atoms with Gasteiger partial charge in [-0.05, 0) is 5.92 Å². The van der Waals surface area contributed by atoms with Gasteiger partial charge in [0.15, 0.2) is 5.13 Å². The highest BCUT2D eigenvalue weighted by Crippen LogP contribution is 2.13. The molecular weight excluding hydrogens is 242 g/mol. The predicted molar refractivity (Wildman–Crippen MR) is 64.9 cm³/mol. The number of aromatic nitrogens is 1. The Morgan fingerprint density at radius 1 is 1.65 bits per heavy atom. The second kappa shape index (κ2) is 5.62. The van der Waals surface area contributed by atoms with E-state index in [1.807, 2.05) is 6.92 Å². The van der Waals surface area contributed by atoms with Gasteiger partial charge < -0.3 is 16.2 Å². The first kappa shape index (κ1) is 13.4. The van der Waals surface area contributed by atoms with Crippen LogP contribution in [0.15, 0.2) is 5.38 Å². The van der Waals surface area contributed by atoms with Crippen LogP contribution in [-0.2, 0) is 4.79 Å². The van der Waals surface area contributed by atoms with E-state index in [0.717, 1.165) is 11.3 Å². The minimum Gasteiger partial charge on any atom is -0.480 e. The van der Waals surface area contributed by atoms with Crippen molar-refractivity contribution in [2.24, 2.45) is 5.92 Å². The fourth-order valence-electron chi connectivity index (χ4n) is 1.29. The van der Waals surface area contributed by atoms with Gasteiger partial charge in [0.1, 0.15) is 11.7 Å². The minimum atomic E-state index is -1.05. The van der Waals surface area contributed by atoms with Crippen molar-refractivity contribution in [3.8, 4) is 0 Å². The second-order valence-electron chi connectivity index (χ2n) is 3.75. The van der Waals surface area contributed by atoms with E-state index in [2.05, 4.69) is 10.3 Å². The number of nitrogens with zero attached hydrogens (tertiary/aromatic N) is 1. The second-order valence-corrected chi connectivity index (χ2v) is 4.64. The summed E-state index contributed by atoms with van der Waals surface area (Å²) in [5.41, 5.74) is 5.56. The molecule has 0 spiro atoms. The van der Waals surface area contributed by atoms with E-state index in [9.17, 15) is 9.59 Å². The average molecular weight is 257 g/mol. The molecule has 2 atom stereocenters. The van der Waals surface area contributed by atoms with Crippen LogP contribution >= 0.6 is 11.3 Å². The molecule has 0 bridgehead atoms. The molecule has 0 saturated heterocycles. The summed E-state index contributed by atoms with van der Waals surface area (Å²) in [6, 6.07) is -0.907. The maximum atomic E-state index is 11.7. The van der Waals surface area contributed by atoms with Crippen molar-refractivity contribution in [3.63, 3.8) is 0 Å². The molecule has 94 valence electrons. The van der Waals surface area contributed by atoms with E-state index >= 15 is 0 Å². The van der Waals surface area contributed by atoms with Gasteiger partial charge in [-0.3, -0.25) is 4.79 Å². The zero-order chi connectivity index (χ0) is 13.0. The quantitative estimate of drug-likeness (QED) is 0.728. The van der Waals surface area contributed by atoms with Crippen LogP contribution in [0, 0.1) is 5.92 Å². The lowest BCUT2D eigenvalue weighted by Crippen LogP contribution is -2.45. The van der Waals surface area contributed by atoms with Crippen LogP contribution in [0.3, 0.4) is 0 Å². The van der Waals surface area contributed by atoms with Gasteiger partial charge in [0.05, 0.1) is 0 Å². The van der Waals surface area contributed by atoms with Gasteiger partial charge in [-0.25, -0.2) is 9.78 Å². The first-order chi connectivity index (χ1) is 7.95. The molecule has 17 heavy (non-hydrogen) atoms. The molecule has 0 fully saturated rings. The number of carboxylic acid groups (broad SMARTS) is 1. The summed E-state index contributed by atoms with van der Waals surface area (Å²) in [5, 5.41) is 13.2. The van der Waals surface area contributed by atoms with E-state index in [-0.39, 0.29) is 16.7 Å². The molecule has 1 unspecified atom stereocenters. The van der Waals surface area contributed by atoms with Crippen molar-refractivity contribution >= 4 is 28.3 Å². The number of thiazole rings is 1. The highest BCUT2D eigenvalue weighted by molar-refractivity contribution is 7.13. The highest BCUT2D eigenvalue weighted by Gasteiger charge is 2.26. The molecule has 1 amide bonds. The van der Waals surface area contributed by atoms with Gasteiger partial charge >= 0.3 is 5.97 Å². The molecule has 7 heteroatoms. The third-order valence-electron chi connectivity index (χ3n) is 2.52. The topological polar surface area (TPSA) is 105 Å². The Morgan fingerprint density at radius 2 is 2.29 bits per heavy atom. The Balaban J connectivity index is 2.74. The molecule has 6 nitrogen and oxygen atoms in total. The number of anilines is 1. The lowest BCUT2D eigenvalue weighted by Gasteiger charge is -2.19. The fraction of sp³-hybridized carbons (Fsp3) is 0.500.